The van der Waals surface area contributed by atoms with Crippen molar-refractivity contribution >= 4 is 17.5 Å². The average Bonchev–Trinajstić information content (AvgIpc) is 2.56. The van der Waals surface area contributed by atoms with Crippen LogP contribution in [0.5, 0.6) is 11.5 Å². The summed E-state index contributed by atoms with van der Waals surface area (Å²) in [6.45, 7) is 1.56. The Morgan fingerprint density at radius 2 is 2.17 bits per heavy atom. The van der Waals surface area contributed by atoms with E-state index in [0.29, 0.717) is 27.6 Å². The summed E-state index contributed by atoms with van der Waals surface area (Å²) in [6, 6.07) is 13.0. The number of aliphatic hydroxyl groups excluding tert-OH is 1. The van der Waals surface area contributed by atoms with Gasteiger partial charge in [-0.05, 0) is 43.3 Å². The van der Waals surface area contributed by atoms with E-state index in [9.17, 15) is 4.79 Å². The molecule has 0 radical (unpaired) electrons. The van der Waals surface area contributed by atoms with Crippen molar-refractivity contribution in [2.24, 2.45) is 0 Å². The van der Waals surface area contributed by atoms with Crippen LogP contribution in [0.1, 0.15) is 22.8 Å². The molecular formula is C17H15ClN2O3. The van der Waals surface area contributed by atoms with Gasteiger partial charge in [0, 0.05) is 16.6 Å². The molecule has 0 saturated carbocycles. The van der Waals surface area contributed by atoms with E-state index in [4.69, 9.17) is 26.7 Å². The number of aliphatic hydroxyl groups is 1. The molecule has 1 unspecified atom stereocenters. The molecule has 6 heteroatoms. The fourth-order valence-corrected chi connectivity index (χ4v) is 2.03. The molecule has 23 heavy (non-hydrogen) atoms. The lowest BCUT2D eigenvalue weighted by molar-refractivity contribution is 0.0922. The predicted molar refractivity (Wildman–Crippen MR) is 86.7 cm³/mol. The number of nitrogens with zero attached hydrogens (tertiary/aromatic N) is 1. The van der Waals surface area contributed by atoms with Gasteiger partial charge in [-0.1, -0.05) is 17.7 Å². The number of hydrogen-bond acceptors (Lipinski definition) is 4. The normalized spacial score (nSPS) is 11.4. The summed E-state index contributed by atoms with van der Waals surface area (Å²) in [5.74, 6) is 0.472. The van der Waals surface area contributed by atoms with Crippen LogP contribution in [0.3, 0.4) is 0 Å². The predicted octanol–water partition coefficient (Wildman–Crippen LogP) is 3.11. The molecule has 2 N–H and O–H groups in total. The van der Waals surface area contributed by atoms with Crippen LogP contribution >= 0.6 is 11.6 Å². The minimum atomic E-state index is -0.339. The molecular weight excluding hydrogens is 316 g/mol. The molecule has 0 spiro atoms. The molecule has 0 bridgehead atoms. The van der Waals surface area contributed by atoms with E-state index in [1.165, 1.54) is 6.07 Å². The van der Waals surface area contributed by atoms with Gasteiger partial charge in [0.2, 0.25) is 0 Å². The zero-order chi connectivity index (χ0) is 16.8. The van der Waals surface area contributed by atoms with E-state index in [-0.39, 0.29) is 18.6 Å². The second-order valence-corrected chi connectivity index (χ2v) is 5.38. The molecule has 0 aliphatic carbocycles. The van der Waals surface area contributed by atoms with E-state index in [1.54, 1.807) is 43.3 Å². The summed E-state index contributed by atoms with van der Waals surface area (Å²) in [5.41, 5.74) is 0.705. The van der Waals surface area contributed by atoms with Gasteiger partial charge in [0.05, 0.1) is 12.2 Å². The fraction of sp³-hybridized carbons (Fsp3) is 0.176. The number of amides is 1. The lowest BCUT2D eigenvalue weighted by Crippen LogP contribution is -2.34. The van der Waals surface area contributed by atoms with Crippen molar-refractivity contribution in [2.45, 2.75) is 13.0 Å². The highest BCUT2D eigenvalue weighted by atomic mass is 35.5. The molecule has 2 aromatic carbocycles. The van der Waals surface area contributed by atoms with Crippen LogP contribution in [0.4, 0.5) is 0 Å². The lowest BCUT2D eigenvalue weighted by Gasteiger charge is -2.12. The summed E-state index contributed by atoms with van der Waals surface area (Å²) in [4.78, 5) is 12.0. The Labute approximate surface area is 139 Å². The van der Waals surface area contributed by atoms with Gasteiger partial charge in [-0.25, -0.2) is 0 Å². The maximum atomic E-state index is 12.0. The largest absolute Gasteiger partial charge is 0.456 e. The third-order valence-corrected chi connectivity index (χ3v) is 3.27. The first-order chi connectivity index (χ1) is 11.0. The van der Waals surface area contributed by atoms with Gasteiger partial charge in [-0.3, -0.25) is 4.79 Å². The Morgan fingerprint density at radius 1 is 1.39 bits per heavy atom. The highest BCUT2D eigenvalue weighted by molar-refractivity contribution is 6.30. The van der Waals surface area contributed by atoms with E-state index in [1.807, 2.05) is 6.07 Å². The molecule has 1 atom stereocenters. The summed E-state index contributed by atoms with van der Waals surface area (Å²) >= 11 is 5.85. The van der Waals surface area contributed by atoms with E-state index in [0.717, 1.165) is 0 Å². The molecule has 1 amide bonds. The van der Waals surface area contributed by atoms with Crippen molar-refractivity contribution in [3.63, 3.8) is 0 Å². The van der Waals surface area contributed by atoms with Crippen LogP contribution in [-0.2, 0) is 0 Å². The minimum absolute atomic E-state index is 0.141. The highest BCUT2D eigenvalue weighted by Crippen LogP contribution is 2.27. The van der Waals surface area contributed by atoms with Gasteiger partial charge in [-0.15, -0.1) is 0 Å². The molecule has 0 aliphatic rings. The lowest BCUT2D eigenvalue weighted by atomic mass is 10.2. The summed E-state index contributed by atoms with van der Waals surface area (Å²) < 4.78 is 5.67. The average molecular weight is 331 g/mol. The molecule has 0 fully saturated rings. The number of carbonyl (C=O) groups excluding carboxylic acids is 1. The molecule has 0 aromatic heterocycles. The highest BCUT2D eigenvalue weighted by Gasteiger charge is 2.11. The third kappa shape index (κ3) is 4.46. The zero-order valence-corrected chi connectivity index (χ0v) is 13.2. The maximum absolute atomic E-state index is 12.0. The maximum Gasteiger partial charge on any atom is 0.251 e. The van der Waals surface area contributed by atoms with Crippen molar-refractivity contribution in [3.8, 4) is 17.6 Å². The van der Waals surface area contributed by atoms with Crippen LogP contribution in [0.2, 0.25) is 5.02 Å². The number of rotatable bonds is 5. The fourth-order valence-electron chi connectivity index (χ4n) is 1.86. The number of nitrogens with one attached hydrogen (secondary N) is 1. The van der Waals surface area contributed by atoms with Crippen LogP contribution in [-0.4, -0.2) is 23.7 Å². The number of ether oxygens (including phenoxy) is 1. The molecule has 2 aromatic rings. The first-order valence-corrected chi connectivity index (χ1v) is 7.30. The van der Waals surface area contributed by atoms with Crippen molar-refractivity contribution in [1.29, 1.82) is 5.26 Å². The number of benzene rings is 2. The second kappa shape index (κ2) is 7.63. The standard InChI is InChI=1S/C17H15ClN2O3/c1-11(10-21)20-17(22)12-3-2-4-15(8-12)23-16-6-5-14(18)7-13(16)9-19/h2-8,11,21H,10H2,1H3,(H,20,22). The van der Waals surface area contributed by atoms with Gasteiger partial charge in [0.25, 0.3) is 5.91 Å². The summed E-state index contributed by atoms with van der Waals surface area (Å²) in [5, 5.41) is 21.2. The van der Waals surface area contributed by atoms with Crippen molar-refractivity contribution < 1.29 is 14.6 Å². The Balaban J connectivity index is 2.21. The SMILES string of the molecule is CC(CO)NC(=O)c1cccc(Oc2ccc(Cl)cc2C#N)c1. The van der Waals surface area contributed by atoms with Crippen molar-refractivity contribution in [3.05, 3.63) is 58.6 Å². The van der Waals surface area contributed by atoms with Crippen LogP contribution in [0, 0.1) is 11.3 Å². The Hall–Kier alpha value is -2.55. The Kier molecular flexibility index (Phi) is 5.58. The monoisotopic (exact) mass is 330 g/mol. The molecule has 0 saturated heterocycles. The van der Waals surface area contributed by atoms with Gasteiger partial charge >= 0.3 is 0 Å². The number of nitriles is 1. The topological polar surface area (TPSA) is 82.3 Å². The van der Waals surface area contributed by atoms with Crippen molar-refractivity contribution in [1.82, 2.24) is 5.32 Å². The van der Waals surface area contributed by atoms with Crippen molar-refractivity contribution in [2.75, 3.05) is 6.61 Å². The number of halogens is 1. The van der Waals surface area contributed by atoms with Crippen LogP contribution in [0.25, 0.3) is 0 Å². The van der Waals surface area contributed by atoms with E-state index < -0.39 is 0 Å². The molecule has 5 nitrogen and oxygen atoms in total. The quantitative estimate of drug-likeness (QED) is 0.882. The molecule has 0 heterocycles. The summed E-state index contributed by atoms with van der Waals surface area (Å²) in [7, 11) is 0. The first-order valence-electron chi connectivity index (χ1n) is 6.92. The zero-order valence-electron chi connectivity index (χ0n) is 12.4. The van der Waals surface area contributed by atoms with Gasteiger partial charge in [0.1, 0.15) is 17.6 Å². The first kappa shape index (κ1) is 16.8. The van der Waals surface area contributed by atoms with Gasteiger partial charge in [-0.2, -0.15) is 5.26 Å². The molecule has 118 valence electrons. The molecule has 0 aliphatic heterocycles. The third-order valence-electron chi connectivity index (χ3n) is 3.04. The molecule has 2 rings (SSSR count). The minimum Gasteiger partial charge on any atom is -0.456 e. The summed E-state index contributed by atoms with van der Waals surface area (Å²) in [6.07, 6.45) is 0. The van der Waals surface area contributed by atoms with Crippen LogP contribution < -0.4 is 10.1 Å². The Morgan fingerprint density at radius 3 is 2.87 bits per heavy atom. The smallest absolute Gasteiger partial charge is 0.251 e. The van der Waals surface area contributed by atoms with Crippen LogP contribution in [0.15, 0.2) is 42.5 Å². The Bertz CT molecular complexity index is 756. The second-order valence-electron chi connectivity index (χ2n) is 4.94. The van der Waals surface area contributed by atoms with Gasteiger partial charge < -0.3 is 15.2 Å². The van der Waals surface area contributed by atoms with Gasteiger partial charge in [0.15, 0.2) is 0 Å². The number of carbonyl (C=O) groups is 1. The number of hydrogen-bond donors (Lipinski definition) is 2. The van der Waals surface area contributed by atoms with E-state index in [2.05, 4.69) is 5.32 Å². The van der Waals surface area contributed by atoms with E-state index >= 15 is 0 Å².